The molecule has 0 aliphatic heterocycles. The van der Waals surface area contributed by atoms with Crippen molar-refractivity contribution in [3.63, 3.8) is 0 Å². The van der Waals surface area contributed by atoms with E-state index in [4.69, 9.17) is 4.74 Å². The van der Waals surface area contributed by atoms with E-state index in [0.717, 1.165) is 180 Å². The number of phenolic OH excluding ortho intramolecular Hbond substituents is 7. The third kappa shape index (κ3) is 45.2. The van der Waals surface area contributed by atoms with Crippen molar-refractivity contribution in [2.45, 2.75) is 350 Å². The van der Waals surface area contributed by atoms with Crippen LogP contribution in [0.2, 0.25) is 0 Å². The van der Waals surface area contributed by atoms with E-state index in [0.29, 0.717) is 72.9 Å². The summed E-state index contributed by atoms with van der Waals surface area (Å²) in [7, 11) is 1.68. The first-order chi connectivity index (χ1) is 56.9. The highest BCUT2D eigenvalue weighted by Crippen LogP contribution is 2.39. The Labute approximate surface area is 725 Å². The summed E-state index contributed by atoms with van der Waals surface area (Å²) >= 11 is 0. The smallest absolute Gasteiger partial charge is 0.339 e. The van der Waals surface area contributed by atoms with Gasteiger partial charge in [-0.15, -0.1) is 0 Å². The molecule has 0 saturated carbocycles. The van der Waals surface area contributed by atoms with Crippen LogP contribution < -0.4 is 4.74 Å². The molecule has 0 bridgehead atoms. The minimum Gasteiger partial charge on any atom is -0.508 e. The third-order valence-corrected chi connectivity index (χ3v) is 20.9. The van der Waals surface area contributed by atoms with Gasteiger partial charge in [-0.2, -0.15) is 0 Å². The maximum absolute atomic E-state index is 11.6. The van der Waals surface area contributed by atoms with Gasteiger partial charge in [-0.3, -0.25) is 0 Å². The number of benzene rings is 5. The number of hydrogen-bond donors (Lipinski definition) is 11. The van der Waals surface area contributed by atoms with Crippen LogP contribution in [0.15, 0.2) is 165 Å². The van der Waals surface area contributed by atoms with E-state index >= 15 is 0 Å². The van der Waals surface area contributed by atoms with Crippen LogP contribution in [0.5, 0.6) is 57.5 Å². The lowest BCUT2D eigenvalue weighted by atomic mass is 9.95. The van der Waals surface area contributed by atoms with Gasteiger partial charge in [-0.05, 0) is 334 Å². The predicted octanol–water partition coefficient (Wildman–Crippen LogP) is 29.2. The van der Waals surface area contributed by atoms with Gasteiger partial charge in [0.15, 0.2) is 0 Å². The number of allylic oxidation sites excluding steroid dienone is 20. The molecule has 14 nitrogen and oxygen atoms in total. The standard InChI is InChI=1S/2C22H32O4.C22H34O2.C21H32O2.C19H28O2/c2*1-5-6-7-11-17-14-19(23)18(21(24)20(17)22(25)26)13-12-16(4)10-8-9-15(2)3;1-6-7-8-12-19-15-21(23)20(22(16-19)24-5)14-13-18(4)11-9-10-17(2)3;1-5-6-7-11-18-14-20(22)19(21(23)15-18)13-12-17(4)10-8-9-16(2)3;1-5-7-16-12-18(20)17(19(21)13-16)11-10-15(4)9-6-8-14(2)3/h2*9,12,14,23-24H,5-8,10-11,13H2,1-4H3,(H,25,26);10,13,15-16,23H,6-9,11-12,14H2,1-5H3;9,12,14-15,22-23H,5-8,10-11,13H2,1-4H3;8,10,12-13,20-21H,5-7,9,11H2,1-4H3/b2*16-12+;18-13+;17-12+;15-10+. The van der Waals surface area contributed by atoms with Gasteiger partial charge >= 0.3 is 11.9 Å². The lowest BCUT2D eigenvalue weighted by Crippen LogP contribution is -2.05. The average Bonchev–Trinajstić information content (AvgIpc) is 0.798. The molecule has 11 N–H and O–H groups in total. The van der Waals surface area contributed by atoms with Crippen LogP contribution in [0.1, 0.15) is 363 Å². The summed E-state index contributed by atoms with van der Waals surface area (Å²) in [5, 5.41) is 111. The molecular weight excluding hydrogens is 1500 g/mol. The Balaban J connectivity index is 0.000000751. The monoisotopic (exact) mass is 1660 g/mol. The zero-order valence-electron chi connectivity index (χ0n) is 77.9. The van der Waals surface area contributed by atoms with Gasteiger partial charge < -0.3 is 60.9 Å². The number of aromatic hydroxyl groups is 9. The minimum atomic E-state index is -1.15. The Bertz CT molecular complexity index is 4080. The molecular formula is C106H158O14. The highest BCUT2D eigenvalue weighted by atomic mass is 16.5. The van der Waals surface area contributed by atoms with Crippen molar-refractivity contribution in [2.75, 3.05) is 7.11 Å². The Morgan fingerprint density at radius 3 is 0.767 bits per heavy atom. The van der Waals surface area contributed by atoms with Crippen LogP contribution >= 0.6 is 0 Å². The molecule has 0 unspecified atom stereocenters. The summed E-state index contributed by atoms with van der Waals surface area (Å²) in [6.45, 7) is 41.9. The molecule has 5 aromatic carbocycles. The Morgan fingerprint density at radius 2 is 0.517 bits per heavy atom. The summed E-state index contributed by atoms with van der Waals surface area (Å²) < 4.78 is 5.52. The SMILES string of the molecule is CCCCCc1cc(O)c(C/C=C(\C)CCC=C(C)C)c(O)c1.CCCCCc1cc(O)c(C/C=C(\C)CCC=C(C)C)c(O)c1C(=O)O.CCCCCc1cc(O)c(C/C=C(\C)CCC=C(C)C)c(O)c1C(=O)O.CCCCCc1cc(O)c(C/C=C(\C)CCC=C(C)C)c(OC)c1.CCCc1cc(O)c(C/C=C(\C)CCC=C(C)C)c(O)c1. The molecule has 5 rings (SSSR count). The van der Waals surface area contributed by atoms with Crippen LogP contribution in [0.4, 0.5) is 0 Å². The summed E-state index contributed by atoms with van der Waals surface area (Å²) in [5.74, 6) is -1.01. The lowest BCUT2D eigenvalue weighted by molar-refractivity contribution is 0.0680. The van der Waals surface area contributed by atoms with Gasteiger partial charge in [0.2, 0.25) is 0 Å². The highest BCUT2D eigenvalue weighted by Gasteiger charge is 2.24. The molecule has 14 heteroatoms. The van der Waals surface area contributed by atoms with E-state index in [1.165, 1.54) is 82.4 Å². The second kappa shape index (κ2) is 61.7. The predicted molar refractivity (Wildman–Crippen MR) is 505 cm³/mol. The number of aromatic carboxylic acids is 2. The normalized spacial score (nSPS) is 11.5. The summed E-state index contributed by atoms with van der Waals surface area (Å²) in [6, 6.07) is 14.1. The molecule has 666 valence electrons. The van der Waals surface area contributed by atoms with Crippen LogP contribution in [0.25, 0.3) is 0 Å². The van der Waals surface area contributed by atoms with E-state index in [9.17, 15) is 65.8 Å². The molecule has 0 aromatic heterocycles. The number of carboxylic acids is 2. The van der Waals surface area contributed by atoms with Crippen LogP contribution in [0.3, 0.4) is 0 Å². The van der Waals surface area contributed by atoms with E-state index < -0.39 is 11.9 Å². The first kappa shape index (κ1) is 108. The number of phenols is 9. The number of carboxylic acid groups (broad SMARTS) is 2. The van der Waals surface area contributed by atoms with E-state index in [1.54, 1.807) is 31.4 Å². The molecule has 0 radical (unpaired) electrons. The van der Waals surface area contributed by atoms with Gasteiger partial charge in [-0.1, -0.05) is 209 Å². The molecule has 120 heavy (non-hydrogen) atoms. The van der Waals surface area contributed by atoms with Crippen molar-refractivity contribution < 1.29 is 70.5 Å². The Morgan fingerprint density at radius 1 is 0.283 bits per heavy atom. The van der Waals surface area contributed by atoms with Crippen molar-refractivity contribution in [3.05, 3.63) is 232 Å². The number of unbranched alkanes of at least 4 members (excludes halogenated alkanes) is 8. The second-order valence-corrected chi connectivity index (χ2v) is 33.6. The molecule has 0 spiro atoms. The summed E-state index contributed by atoms with van der Waals surface area (Å²) in [4.78, 5) is 23.2. The fraction of sp³-hybridized carbons (Fsp3) is 0.509. The van der Waals surface area contributed by atoms with Crippen molar-refractivity contribution in [3.8, 4) is 57.5 Å². The van der Waals surface area contributed by atoms with Gasteiger partial charge in [-0.25, -0.2) is 9.59 Å². The number of carbonyl (C=O) groups is 2. The third-order valence-electron chi connectivity index (χ3n) is 20.9. The van der Waals surface area contributed by atoms with Crippen molar-refractivity contribution >= 4 is 11.9 Å². The molecule has 0 aliphatic rings. The van der Waals surface area contributed by atoms with E-state index in [2.05, 4.69) is 179 Å². The number of rotatable bonds is 46. The number of methoxy groups -OCH3 is 1. The van der Waals surface area contributed by atoms with E-state index in [-0.39, 0.29) is 68.2 Å². The maximum atomic E-state index is 11.6. The zero-order valence-corrected chi connectivity index (χ0v) is 77.9. The van der Waals surface area contributed by atoms with Crippen molar-refractivity contribution in [2.24, 2.45) is 0 Å². The van der Waals surface area contributed by atoms with Crippen LogP contribution in [-0.2, 0) is 64.2 Å². The number of hydrogen-bond acceptors (Lipinski definition) is 12. The first-order valence-electron chi connectivity index (χ1n) is 44.4. The summed E-state index contributed by atoms with van der Waals surface area (Å²) in [5.41, 5.74) is 19.5. The molecule has 0 saturated heterocycles. The molecule has 0 amide bonds. The first-order valence-corrected chi connectivity index (χ1v) is 44.4. The average molecular weight is 1660 g/mol. The maximum Gasteiger partial charge on any atom is 0.339 e. The van der Waals surface area contributed by atoms with Crippen molar-refractivity contribution in [1.29, 1.82) is 0 Å². The van der Waals surface area contributed by atoms with Crippen LogP contribution in [-0.4, -0.2) is 75.2 Å². The van der Waals surface area contributed by atoms with Crippen LogP contribution in [0, 0.1) is 0 Å². The molecule has 0 aliphatic carbocycles. The lowest BCUT2D eigenvalue weighted by Gasteiger charge is -2.14. The number of ether oxygens (including phenoxy) is 1. The number of aryl methyl sites for hydroxylation is 5. The highest BCUT2D eigenvalue weighted by molar-refractivity contribution is 5.94. The van der Waals surface area contributed by atoms with Crippen molar-refractivity contribution in [1.82, 2.24) is 0 Å². The fourth-order valence-electron chi connectivity index (χ4n) is 13.5. The fourth-order valence-corrected chi connectivity index (χ4v) is 13.5. The van der Waals surface area contributed by atoms with E-state index in [1.807, 2.05) is 32.1 Å². The molecule has 0 fully saturated rings. The van der Waals surface area contributed by atoms with Gasteiger partial charge in [0.1, 0.15) is 68.6 Å². The quantitative estimate of drug-likeness (QED) is 0.0128. The largest absolute Gasteiger partial charge is 0.508 e. The second-order valence-electron chi connectivity index (χ2n) is 33.6. The molecule has 0 heterocycles. The Hall–Kier alpha value is -9.56. The minimum absolute atomic E-state index is 0.0349. The summed E-state index contributed by atoms with van der Waals surface area (Å²) in [6.07, 6.45) is 51.3. The Kier molecular flexibility index (Phi) is 55.7. The molecule has 0 atom stereocenters. The molecule has 5 aromatic rings. The zero-order chi connectivity index (χ0) is 90.4. The van der Waals surface area contributed by atoms with Gasteiger partial charge in [0.05, 0.1) is 7.11 Å². The topological polar surface area (TPSA) is 266 Å². The van der Waals surface area contributed by atoms with Gasteiger partial charge in [0, 0.05) is 27.8 Å². The van der Waals surface area contributed by atoms with Gasteiger partial charge in [0.25, 0.3) is 0 Å².